The van der Waals surface area contributed by atoms with Crippen molar-refractivity contribution in [1.29, 1.82) is 0 Å². The molecule has 0 saturated heterocycles. The number of hydrogen-bond acceptors (Lipinski definition) is 3. The van der Waals surface area contributed by atoms with E-state index in [9.17, 15) is 4.79 Å². The molecular formula is C18H24BrIN4O2. The van der Waals surface area contributed by atoms with Crippen LogP contribution in [0.3, 0.4) is 0 Å². The van der Waals surface area contributed by atoms with Crippen molar-refractivity contribution in [3.05, 3.63) is 57.8 Å². The fourth-order valence-corrected chi connectivity index (χ4v) is 3.05. The number of aliphatic imine (C=N–C) groups is 1. The van der Waals surface area contributed by atoms with E-state index in [2.05, 4.69) is 41.8 Å². The zero-order chi connectivity index (χ0) is 18.4. The largest absolute Gasteiger partial charge is 0.465 e. The molecule has 1 aromatic carbocycles. The van der Waals surface area contributed by atoms with Gasteiger partial charge in [0.15, 0.2) is 5.96 Å². The Morgan fingerprint density at radius 3 is 2.50 bits per heavy atom. The van der Waals surface area contributed by atoms with Crippen LogP contribution in [-0.4, -0.2) is 42.6 Å². The van der Waals surface area contributed by atoms with Gasteiger partial charge in [0.1, 0.15) is 0 Å². The van der Waals surface area contributed by atoms with Crippen molar-refractivity contribution in [2.24, 2.45) is 12.0 Å². The monoisotopic (exact) mass is 534 g/mol. The van der Waals surface area contributed by atoms with Gasteiger partial charge in [0.2, 0.25) is 0 Å². The second kappa shape index (κ2) is 10.6. The van der Waals surface area contributed by atoms with E-state index in [4.69, 9.17) is 4.74 Å². The molecule has 0 atom stereocenters. The van der Waals surface area contributed by atoms with E-state index in [1.165, 1.54) is 12.8 Å². The van der Waals surface area contributed by atoms with Crippen molar-refractivity contribution >= 4 is 51.8 Å². The van der Waals surface area contributed by atoms with Crippen LogP contribution in [0.4, 0.5) is 0 Å². The van der Waals surface area contributed by atoms with Crippen molar-refractivity contribution in [2.45, 2.75) is 13.1 Å². The van der Waals surface area contributed by atoms with Gasteiger partial charge in [0.25, 0.3) is 0 Å². The number of nitrogens with one attached hydrogen (secondary N) is 1. The number of halogens is 2. The van der Waals surface area contributed by atoms with Crippen LogP contribution in [-0.2, 0) is 24.9 Å². The Labute approximate surface area is 179 Å². The summed E-state index contributed by atoms with van der Waals surface area (Å²) in [6.45, 7) is 1.36. The molecule has 26 heavy (non-hydrogen) atoms. The number of ether oxygens (including phenoxy) is 1. The van der Waals surface area contributed by atoms with E-state index < -0.39 is 0 Å². The number of esters is 1. The molecule has 0 bridgehead atoms. The van der Waals surface area contributed by atoms with Gasteiger partial charge in [-0.1, -0.05) is 12.1 Å². The number of guanidine groups is 1. The van der Waals surface area contributed by atoms with Crippen LogP contribution in [0.2, 0.25) is 0 Å². The Morgan fingerprint density at radius 1 is 1.35 bits per heavy atom. The average molecular weight is 535 g/mol. The summed E-state index contributed by atoms with van der Waals surface area (Å²) in [5.74, 6) is 0.471. The first-order valence-corrected chi connectivity index (χ1v) is 8.63. The molecule has 0 aliphatic heterocycles. The number of hydrogen-bond donors (Lipinski definition) is 1. The Balaban J connectivity index is 0.00000338. The summed E-state index contributed by atoms with van der Waals surface area (Å²) in [5, 5.41) is 3.33. The predicted molar refractivity (Wildman–Crippen MR) is 118 cm³/mol. The molecule has 0 aliphatic carbocycles. The third kappa shape index (κ3) is 6.01. The van der Waals surface area contributed by atoms with Crippen molar-refractivity contribution in [1.82, 2.24) is 14.8 Å². The zero-order valence-corrected chi connectivity index (χ0v) is 19.2. The van der Waals surface area contributed by atoms with Crippen LogP contribution in [0, 0.1) is 0 Å². The minimum atomic E-state index is -0.330. The van der Waals surface area contributed by atoms with Gasteiger partial charge in [0.05, 0.1) is 19.2 Å². The highest BCUT2D eigenvalue weighted by molar-refractivity contribution is 14.0. The average Bonchev–Trinajstić information content (AvgIpc) is 2.92. The summed E-state index contributed by atoms with van der Waals surface area (Å²) >= 11 is 3.49. The maximum atomic E-state index is 11.5. The van der Waals surface area contributed by atoms with Gasteiger partial charge >= 0.3 is 5.97 Å². The molecule has 1 aromatic heterocycles. The topological polar surface area (TPSA) is 58.9 Å². The molecule has 8 heteroatoms. The van der Waals surface area contributed by atoms with Gasteiger partial charge < -0.3 is 19.5 Å². The fourth-order valence-electron chi connectivity index (χ4n) is 2.48. The first-order chi connectivity index (χ1) is 11.9. The predicted octanol–water partition coefficient (Wildman–Crippen LogP) is 3.40. The van der Waals surface area contributed by atoms with Crippen LogP contribution < -0.4 is 5.32 Å². The minimum Gasteiger partial charge on any atom is -0.465 e. The van der Waals surface area contributed by atoms with Crippen molar-refractivity contribution in [3.63, 3.8) is 0 Å². The van der Waals surface area contributed by atoms with Gasteiger partial charge in [-0.15, -0.1) is 24.0 Å². The smallest absolute Gasteiger partial charge is 0.337 e. The van der Waals surface area contributed by atoms with E-state index >= 15 is 0 Å². The Hall–Kier alpha value is -1.55. The molecule has 142 valence electrons. The summed E-state index contributed by atoms with van der Waals surface area (Å²) in [6, 6.07) is 9.42. The third-order valence-electron chi connectivity index (χ3n) is 3.87. The molecule has 0 aliphatic rings. The van der Waals surface area contributed by atoms with E-state index in [1.54, 1.807) is 19.2 Å². The first kappa shape index (κ1) is 22.5. The second-order valence-corrected chi connectivity index (χ2v) is 6.62. The molecule has 1 N–H and O–H groups in total. The first-order valence-electron chi connectivity index (χ1n) is 7.84. The molecule has 0 amide bonds. The molecule has 2 rings (SSSR count). The van der Waals surface area contributed by atoms with Gasteiger partial charge in [0, 0.05) is 44.1 Å². The number of aromatic nitrogens is 1. The molecule has 6 nitrogen and oxygen atoms in total. The van der Waals surface area contributed by atoms with E-state index in [0.717, 1.165) is 22.5 Å². The minimum absolute atomic E-state index is 0. The highest BCUT2D eigenvalue weighted by atomic mass is 127. The number of carbonyl (C=O) groups excluding carboxylic acids is 1. The highest BCUT2D eigenvalue weighted by Crippen LogP contribution is 2.15. The summed E-state index contributed by atoms with van der Waals surface area (Å²) in [7, 11) is 7.16. The fraction of sp³-hybridized carbons (Fsp3) is 0.333. The van der Waals surface area contributed by atoms with Crippen molar-refractivity contribution in [3.8, 4) is 0 Å². The molecule has 1 heterocycles. The normalized spacial score (nSPS) is 10.9. The van der Waals surface area contributed by atoms with Crippen LogP contribution in [0.15, 0.2) is 46.0 Å². The Bertz CT molecular complexity index is 759. The molecule has 0 spiro atoms. The second-order valence-electron chi connectivity index (χ2n) is 5.71. The van der Waals surface area contributed by atoms with E-state index in [0.29, 0.717) is 12.1 Å². The molecule has 2 aromatic rings. The number of carbonyl (C=O) groups is 1. The molecule has 0 radical (unpaired) electrons. The molecule has 0 saturated carbocycles. The van der Waals surface area contributed by atoms with Gasteiger partial charge in [-0.3, -0.25) is 4.99 Å². The van der Waals surface area contributed by atoms with Gasteiger partial charge in [-0.25, -0.2) is 4.79 Å². The number of benzene rings is 1. The van der Waals surface area contributed by atoms with E-state index in [-0.39, 0.29) is 29.9 Å². The van der Waals surface area contributed by atoms with Crippen molar-refractivity contribution in [2.75, 3.05) is 21.2 Å². The summed E-state index contributed by atoms with van der Waals surface area (Å²) in [6.07, 6.45) is 2.03. The number of methoxy groups -OCH3 is 1. The maximum Gasteiger partial charge on any atom is 0.337 e. The number of aryl methyl sites for hydroxylation is 1. The van der Waals surface area contributed by atoms with Crippen molar-refractivity contribution < 1.29 is 9.53 Å². The summed E-state index contributed by atoms with van der Waals surface area (Å²) in [5.41, 5.74) is 2.78. The highest BCUT2D eigenvalue weighted by Gasteiger charge is 2.10. The quantitative estimate of drug-likeness (QED) is 0.276. The van der Waals surface area contributed by atoms with Crippen LogP contribution in [0.25, 0.3) is 0 Å². The lowest BCUT2D eigenvalue weighted by molar-refractivity contribution is 0.0600. The van der Waals surface area contributed by atoms with Gasteiger partial charge in [-0.05, 0) is 39.7 Å². The van der Waals surface area contributed by atoms with E-state index in [1.807, 2.05) is 32.4 Å². The Kier molecular flexibility index (Phi) is 9.14. The Morgan fingerprint density at radius 2 is 2.00 bits per heavy atom. The van der Waals surface area contributed by atoms with Crippen LogP contribution >= 0.6 is 39.9 Å². The maximum absolute atomic E-state index is 11.5. The lowest BCUT2D eigenvalue weighted by Crippen LogP contribution is -2.38. The number of nitrogens with zero attached hydrogens (tertiary/aromatic N) is 3. The molecule has 0 unspecified atom stereocenters. The van der Waals surface area contributed by atoms with Gasteiger partial charge in [-0.2, -0.15) is 0 Å². The summed E-state index contributed by atoms with van der Waals surface area (Å²) in [4.78, 5) is 17.9. The van der Waals surface area contributed by atoms with Crippen LogP contribution in [0.1, 0.15) is 21.6 Å². The SMILES string of the molecule is CN=C(NCc1ccc(C(=O)OC)cc1)N(C)Cc1cc(Br)cn1C.I. The third-order valence-corrected chi connectivity index (χ3v) is 4.31. The lowest BCUT2D eigenvalue weighted by atomic mass is 10.1. The standard InChI is InChI=1S/C18H23BrN4O2.HI/c1-20-18(23(3)12-16-9-15(19)11-22(16)2)21-10-13-5-7-14(8-6-13)17(24)25-4;/h5-9,11H,10,12H2,1-4H3,(H,20,21);1H. The zero-order valence-electron chi connectivity index (χ0n) is 15.3. The molecular weight excluding hydrogens is 511 g/mol. The molecule has 0 fully saturated rings. The lowest BCUT2D eigenvalue weighted by Gasteiger charge is -2.22. The number of rotatable bonds is 5. The van der Waals surface area contributed by atoms with Crippen LogP contribution in [0.5, 0.6) is 0 Å². The summed E-state index contributed by atoms with van der Waals surface area (Å²) < 4.78 is 7.85.